The minimum Gasteiger partial charge on any atom is -0.400 e. The van der Waals surface area contributed by atoms with Crippen LogP contribution < -0.4 is 0 Å². The van der Waals surface area contributed by atoms with Crippen LogP contribution in [-0.2, 0) is 4.79 Å². The second kappa shape index (κ2) is 29.6. The summed E-state index contributed by atoms with van der Waals surface area (Å²) in [5.41, 5.74) is 0. The van der Waals surface area contributed by atoms with Gasteiger partial charge in [0.25, 0.3) is 0 Å². The third kappa shape index (κ3) is 216. The zero-order chi connectivity index (χ0) is 14.0. The minimum atomic E-state index is -0.750. The summed E-state index contributed by atoms with van der Waals surface area (Å²) in [5.74, 6) is 0.167. The molecule has 0 heterocycles. The maximum absolute atomic E-state index is 9.44. The maximum atomic E-state index is 9.44. The normalized spacial score (nSPS) is 7.62. The van der Waals surface area contributed by atoms with E-state index < -0.39 is 4.30 Å². The Hall–Kier alpha value is 0.500. The van der Waals surface area contributed by atoms with E-state index in [1.165, 1.54) is 39.5 Å². The number of hydrogen-bond donors (Lipinski definition) is 1. The first-order chi connectivity index (χ1) is 7.38. The summed E-state index contributed by atoms with van der Waals surface area (Å²) in [7, 11) is 1.00. The number of Topliss-reactive ketones (excluding diaryl/α,β-unsaturated/α-hetero) is 1. The van der Waals surface area contributed by atoms with Crippen molar-refractivity contribution in [1.82, 2.24) is 0 Å². The van der Waals surface area contributed by atoms with Crippen LogP contribution in [0.2, 0.25) is 0 Å². The highest BCUT2D eigenvalue weighted by atomic mass is 35.6. The molecular weight excluding hydrogens is 270 g/mol. The lowest BCUT2D eigenvalue weighted by molar-refractivity contribution is -0.114. The largest absolute Gasteiger partial charge is 0.400 e. The molecule has 0 rings (SSSR count). The lowest BCUT2D eigenvalue weighted by Gasteiger charge is -1.86. The highest BCUT2D eigenvalue weighted by Gasteiger charge is 1.79. The summed E-state index contributed by atoms with van der Waals surface area (Å²) < 4.78 is -0.750. The van der Waals surface area contributed by atoms with Crippen LogP contribution in [0.4, 0.5) is 0 Å². The van der Waals surface area contributed by atoms with Crippen LogP contribution in [0.3, 0.4) is 0 Å². The van der Waals surface area contributed by atoms with Gasteiger partial charge in [0.1, 0.15) is 5.78 Å². The van der Waals surface area contributed by atoms with E-state index in [9.17, 15) is 4.79 Å². The van der Waals surface area contributed by atoms with Crippen molar-refractivity contribution in [3.05, 3.63) is 0 Å². The van der Waals surface area contributed by atoms with Crippen molar-refractivity contribution in [1.29, 1.82) is 0 Å². The summed E-state index contributed by atoms with van der Waals surface area (Å²) >= 11 is 14.4. The van der Waals surface area contributed by atoms with Crippen molar-refractivity contribution < 1.29 is 9.90 Å². The van der Waals surface area contributed by atoms with Crippen molar-refractivity contribution in [3.63, 3.8) is 0 Å². The fourth-order valence-electron chi connectivity index (χ4n) is 0.500. The topological polar surface area (TPSA) is 37.3 Å². The third-order valence-corrected chi connectivity index (χ3v) is 0.957. The zero-order valence-corrected chi connectivity index (χ0v) is 13.2. The first-order valence-electron chi connectivity index (χ1n) is 5.22. The van der Waals surface area contributed by atoms with Gasteiger partial charge in [-0.1, -0.05) is 74.3 Å². The van der Waals surface area contributed by atoms with Gasteiger partial charge in [-0.25, -0.2) is 0 Å². The van der Waals surface area contributed by atoms with Crippen LogP contribution in [0, 0.1) is 0 Å². The van der Waals surface area contributed by atoms with Gasteiger partial charge in [-0.15, -0.1) is 0 Å². The number of carbonyl (C=O) groups excluding carboxylic acids is 1. The van der Waals surface area contributed by atoms with Crippen LogP contribution in [-0.4, -0.2) is 22.3 Å². The molecule has 0 aromatic heterocycles. The predicted octanol–water partition coefficient (Wildman–Crippen LogP) is 4.78. The molecule has 16 heavy (non-hydrogen) atoms. The number of ketones is 1. The van der Waals surface area contributed by atoms with Gasteiger partial charge in [0.2, 0.25) is 0 Å². The van der Waals surface area contributed by atoms with Crippen LogP contribution in [0.1, 0.15) is 53.4 Å². The molecule has 0 saturated heterocycles. The molecule has 0 amide bonds. The lowest BCUT2D eigenvalue weighted by Crippen LogP contribution is -1.69. The molecule has 1 N–H and O–H groups in total. The van der Waals surface area contributed by atoms with Crippen LogP contribution >= 0.6 is 34.8 Å². The summed E-state index contributed by atoms with van der Waals surface area (Å²) in [6.45, 7) is 7.52. The van der Waals surface area contributed by atoms with Crippen molar-refractivity contribution in [2.45, 2.75) is 57.7 Å². The quantitative estimate of drug-likeness (QED) is 0.601. The van der Waals surface area contributed by atoms with Crippen LogP contribution in [0.15, 0.2) is 0 Å². The van der Waals surface area contributed by atoms with Crippen LogP contribution in [0.25, 0.3) is 0 Å². The van der Waals surface area contributed by atoms with E-state index in [1.807, 2.05) is 0 Å². The lowest BCUT2D eigenvalue weighted by atomic mass is 10.2. The molecule has 0 unspecified atom stereocenters. The predicted molar refractivity (Wildman–Crippen MR) is 75.7 cm³/mol. The van der Waals surface area contributed by atoms with E-state index in [0.29, 0.717) is 0 Å². The molecule has 102 valence electrons. The first-order valence-corrected chi connectivity index (χ1v) is 6.53. The van der Waals surface area contributed by atoms with E-state index >= 15 is 0 Å². The van der Waals surface area contributed by atoms with E-state index in [1.54, 1.807) is 0 Å². The van der Waals surface area contributed by atoms with E-state index in [0.717, 1.165) is 7.11 Å². The van der Waals surface area contributed by atoms with Crippen molar-refractivity contribution in [2.75, 3.05) is 7.11 Å². The molecule has 0 aliphatic heterocycles. The second-order valence-corrected chi connectivity index (χ2v) is 4.84. The average Bonchev–Trinajstić information content (AvgIpc) is 2.16. The SMILES string of the molecule is CC(C)=O.CCCCCC.CO.ClC(Cl)Cl. The van der Waals surface area contributed by atoms with E-state index in [4.69, 9.17) is 39.9 Å². The maximum Gasteiger partial charge on any atom is 0.180 e. The van der Waals surface area contributed by atoms with Gasteiger partial charge in [0, 0.05) is 7.11 Å². The highest BCUT2D eigenvalue weighted by molar-refractivity contribution is 6.63. The number of carbonyl (C=O) groups is 1. The van der Waals surface area contributed by atoms with E-state index in [2.05, 4.69) is 13.8 Å². The second-order valence-electron chi connectivity index (χ2n) is 2.86. The molecule has 2 nitrogen and oxygen atoms in total. The fourth-order valence-corrected chi connectivity index (χ4v) is 0.500. The molecule has 0 radical (unpaired) electrons. The third-order valence-electron chi connectivity index (χ3n) is 0.957. The van der Waals surface area contributed by atoms with Gasteiger partial charge in [-0.3, -0.25) is 0 Å². The summed E-state index contributed by atoms with van der Waals surface area (Å²) in [6.07, 6.45) is 5.54. The molecule has 0 spiro atoms. The number of alkyl halides is 3. The molecule has 0 aliphatic carbocycles. The molecular formula is C11H25Cl3O2. The Morgan fingerprint density at radius 2 is 1.12 bits per heavy atom. The summed E-state index contributed by atoms with van der Waals surface area (Å²) in [4.78, 5) is 9.44. The summed E-state index contributed by atoms with van der Waals surface area (Å²) in [5, 5.41) is 7.00. The monoisotopic (exact) mass is 294 g/mol. The molecule has 0 fully saturated rings. The smallest absolute Gasteiger partial charge is 0.180 e. The highest BCUT2D eigenvalue weighted by Crippen LogP contribution is 2.03. The van der Waals surface area contributed by atoms with Crippen molar-refractivity contribution in [3.8, 4) is 0 Å². The van der Waals surface area contributed by atoms with Gasteiger partial charge in [-0.05, 0) is 13.8 Å². The number of aliphatic hydroxyl groups excluding tert-OH is 1. The van der Waals surface area contributed by atoms with Crippen molar-refractivity contribution in [2.24, 2.45) is 0 Å². The van der Waals surface area contributed by atoms with E-state index in [-0.39, 0.29) is 5.78 Å². The molecule has 0 bridgehead atoms. The first kappa shape index (κ1) is 25.4. The standard InChI is InChI=1S/C6H14.C3H6O.CHCl3.CH4O/c1-3-5-6-4-2;1-3(2)4;2-1(3)4;1-2/h3-6H2,1-2H3;1-2H3;1H;2H,1H3. The number of rotatable bonds is 3. The Morgan fingerprint density at radius 3 is 1.19 bits per heavy atom. The minimum absolute atomic E-state index is 0.167. The molecule has 0 aromatic carbocycles. The number of hydrogen-bond acceptors (Lipinski definition) is 2. The number of aliphatic hydroxyl groups is 1. The van der Waals surface area contributed by atoms with Crippen molar-refractivity contribution >= 4 is 40.6 Å². The van der Waals surface area contributed by atoms with Gasteiger partial charge >= 0.3 is 0 Å². The van der Waals surface area contributed by atoms with Gasteiger partial charge < -0.3 is 9.90 Å². The fraction of sp³-hybridized carbons (Fsp3) is 0.909. The molecule has 0 atom stereocenters. The molecule has 0 aliphatic rings. The molecule has 0 saturated carbocycles. The molecule has 5 heteroatoms. The number of halogens is 3. The zero-order valence-electron chi connectivity index (χ0n) is 10.9. The van der Waals surface area contributed by atoms with Crippen LogP contribution in [0.5, 0.6) is 0 Å². The molecule has 0 aromatic rings. The Morgan fingerprint density at radius 1 is 1.00 bits per heavy atom. The number of unbranched alkanes of at least 4 members (excludes halogenated alkanes) is 3. The van der Waals surface area contributed by atoms with Gasteiger partial charge in [0.15, 0.2) is 4.30 Å². The Bertz CT molecular complexity index is 98.6. The Labute approximate surface area is 115 Å². The average molecular weight is 296 g/mol. The Balaban J connectivity index is -0.0000000643. The van der Waals surface area contributed by atoms with Gasteiger partial charge in [0.05, 0.1) is 0 Å². The van der Waals surface area contributed by atoms with Gasteiger partial charge in [-0.2, -0.15) is 0 Å². The summed E-state index contributed by atoms with van der Waals surface area (Å²) in [6, 6.07) is 0. The Kier molecular flexibility index (Phi) is 46.9.